The Kier molecular flexibility index (Phi) is 3.78. The summed E-state index contributed by atoms with van der Waals surface area (Å²) in [6.07, 6.45) is -9.87. The van der Waals surface area contributed by atoms with Crippen molar-refractivity contribution >= 4 is 15.9 Å². The SMILES string of the molecule is OCc1ccc(C(F)(F)F)c(Br)c1C(F)(F)F. The summed E-state index contributed by atoms with van der Waals surface area (Å²) in [6.45, 7) is -0.994. The van der Waals surface area contributed by atoms with Gasteiger partial charge < -0.3 is 5.11 Å². The van der Waals surface area contributed by atoms with Crippen molar-refractivity contribution in [1.29, 1.82) is 0 Å². The second-order valence-corrected chi connectivity index (χ2v) is 3.91. The monoisotopic (exact) mass is 322 g/mol. The lowest BCUT2D eigenvalue weighted by atomic mass is 10.0. The van der Waals surface area contributed by atoms with Crippen LogP contribution in [-0.4, -0.2) is 5.11 Å². The van der Waals surface area contributed by atoms with Crippen LogP contribution in [0.5, 0.6) is 0 Å². The zero-order chi connectivity index (χ0) is 13.4. The molecule has 17 heavy (non-hydrogen) atoms. The molecule has 0 aliphatic heterocycles. The molecule has 1 rings (SSSR count). The lowest BCUT2D eigenvalue weighted by molar-refractivity contribution is -0.144. The van der Waals surface area contributed by atoms with Crippen LogP contribution in [0, 0.1) is 0 Å². The van der Waals surface area contributed by atoms with Gasteiger partial charge in [0.2, 0.25) is 0 Å². The highest BCUT2D eigenvalue weighted by Gasteiger charge is 2.41. The van der Waals surface area contributed by atoms with E-state index in [1.807, 2.05) is 0 Å². The number of rotatable bonds is 1. The van der Waals surface area contributed by atoms with E-state index in [2.05, 4.69) is 15.9 Å². The van der Waals surface area contributed by atoms with Crippen molar-refractivity contribution in [1.82, 2.24) is 0 Å². The molecule has 0 aromatic heterocycles. The second-order valence-electron chi connectivity index (χ2n) is 3.11. The molecule has 8 heteroatoms. The number of aliphatic hydroxyl groups excluding tert-OH is 1. The lowest BCUT2D eigenvalue weighted by Gasteiger charge is -2.17. The minimum Gasteiger partial charge on any atom is -0.392 e. The molecule has 96 valence electrons. The maximum Gasteiger partial charge on any atom is 0.417 e. The molecule has 0 bridgehead atoms. The molecule has 0 atom stereocenters. The first-order valence-corrected chi connectivity index (χ1v) is 4.95. The summed E-state index contributed by atoms with van der Waals surface area (Å²) in [5.74, 6) is 0. The molecule has 0 saturated carbocycles. The first-order chi connectivity index (χ1) is 7.59. The van der Waals surface area contributed by atoms with Crippen LogP contribution < -0.4 is 0 Å². The fraction of sp³-hybridized carbons (Fsp3) is 0.333. The molecule has 0 fully saturated rings. The van der Waals surface area contributed by atoms with Crippen LogP contribution >= 0.6 is 15.9 Å². The van der Waals surface area contributed by atoms with Gasteiger partial charge in [-0.2, -0.15) is 26.3 Å². The molecule has 1 nitrogen and oxygen atoms in total. The number of alkyl halides is 6. The van der Waals surface area contributed by atoms with Gasteiger partial charge in [-0.05, 0) is 27.6 Å². The molecule has 0 spiro atoms. The third-order valence-corrected chi connectivity index (χ3v) is 2.81. The zero-order valence-corrected chi connectivity index (χ0v) is 9.54. The van der Waals surface area contributed by atoms with E-state index in [0.717, 1.165) is 0 Å². The van der Waals surface area contributed by atoms with E-state index >= 15 is 0 Å². The first-order valence-electron chi connectivity index (χ1n) is 4.15. The van der Waals surface area contributed by atoms with Gasteiger partial charge in [0.1, 0.15) is 0 Å². The van der Waals surface area contributed by atoms with Crippen LogP contribution in [0.15, 0.2) is 16.6 Å². The third-order valence-electron chi connectivity index (χ3n) is 1.99. The van der Waals surface area contributed by atoms with Crippen molar-refractivity contribution in [2.24, 2.45) is 0 Å². The van der Waals surface area contributed by atoms with Crippen LogP contribution in [0.1, 0.15) is 16.7 Å². The number of hydrogen-bond acceptors (Lipinski definition) is 1. The highest BCUT2D eigenvalue weighted by Crippen LogP contribution is 2.43. The van der Waals surface area contributed by atoms with E-state index in [1.165, 1.54) is 0 Å². The summed E-state index contributed by atoms with van der Waals surface area (Å²) in [5, 5.41) is 8.70. The molecule has 1 aromatic rings. The Labute approximate surface area is 100 Å². The Balaban J connectivity index is 3.55. The summed E-state index contributed by atoms with van der Waals surface area (Å²) in [5.41, 5.74) is -3.55. The number of benzene rings is 1. The molecule has 0 unspecified atom stereocenters. The van der Waals surface area contributed by atoms with Crippen molar-refractivity contribution in [3.63, 3.8) is 0 Å². The third kappa shape index (κ3) is 2.92. The van der Waals surface area contributed by atoms with Crippen LogP contribution in [0.4, 0.5) is 26.3 Å². The fourth-order valence-electron chi connectivity index (χ4n) is 1.27. The summed E-state index contributed by atoms with van der Waals surface area (Å²) < 4.78 is 73.7. The topological polar surface area (TPSA) is 20.2 Å². The molecule has 0 aliphatic rings. The van der Waals surface area contributed by atoms with Crippen LogP contribution in [0.2, 0.25) is 0 Å². The number of aliphatic hydroxyl groups is 1. The van der Waals surface area contributed by atoms with Crippen LogP contribution in [-0.2, 0) is 19.0 Å². The van der Waals surface area contributed by atoms with E-state index in [0.29, 0.717) is 12.1 Å². The highest BCUT2D eigenvalue weighted by atomic mass is 79.9. The van der Waals surface area contributed by atoms with Gasteiger partial charge in [0.05, 0.1) is 17.7 Å². The summed E-state index contributed by atoms with van der Waals surface area (Å²) >= 11 is 2.29. The van der Waals surface area contributed by atoms with Crippen molar-refractivity contribution in [2.75, 3.05) is 0 Å². The van der Waals surface area contributed by atoms with Crippen molar-refractivity contribution < 1.29 is 31.4 Å². The van der Waals surface area contributed by atoms with E-state index < -0.39 is 40.1 Å². The Morgan fingerprint density at radius 2 is 1.53 bits per heavy atom. The van der Waals surface area contributed by atoms with E-state index in [4.69, 9.17) is 5.11 Å². The van der Waals surface area contributed by atoms with Gasteiger partial charge in [-0.15, -0.1) is 0 Å². The average Bonchev–Trinajstić information content (AvgIpc) is 2.12. The molecule has 0 saturated heterocycles. The quantitative estimate of drug-likeness (QED) is 0.775. The van der Waals surface area contributed by atoms with Gasteiger partial charge in [0.25, 0.3) is 0 Å². The summed E-state index contributed by atoms with van der Waals surface area (Å²) in [4.78, 5) is 0. The van der Waals surface area contributed by atoms with Gasteiger partial charge in [0.15, 0.2) is 0 Å². The maximum absolute atomic E-state index is 12.6. The highest BCUT2D eigenvalue weighted by molar-refractivity contribution is 9.10. The van der Waals surface area contributed by atoms with Crippen molar-refractivity contribution in [3.8, 4) is 0 Å². The fourth-order valence-corrected chi connectivity index (χ4v) is 2.11. The molecule has 0 heterocycles. The smallest absolute Gasteiger partial charge is 0.392 e. The van der Waals surface area contributed by atoms with Gasteiger partial charge in [0, 0.05) is 4.47 Å². The number of hydrogen-bond donors (Lipinski definition) is 1. The average molecular weight is 323 g/mol. The summed E-state index contributed by atoms with van der Waals surface area (Å²) in [7, 11) is 0. The molecule has 0 aliphatic carbocycles. The van der Waals surface area contributed by atoms with Gasteiger partial charge in [-0.3, -0.25) is 0 Å². The van der Waals surface area contributed by atoms with Crippen LogP contribution in [0.3, 0.4) is 0 Å². The minimum atomic E-state index is -4.97. The standard InChI is InChI=1S/C9H5BrF6O/c10-7-5(8(11,12)13)2-1-4(3-17)6(7)9(14,15)16/h1-2,17H,3H2. The Morgan fingerprint density at radius 3 is 1.88 bits per heavy atom. The Hall–Kier alpha value is -0.760. The predicted molar refractivity (Wildman–Crippen MR) is 50.1 cm³/mol. The molecular weight excluding hydrogens is 318 g/mol. The Morgan fingerprint density at radius 1 is 1.00 bits per heavy atom. The maximum atomic E-state index is 12.6. The summed E-state index contributed by atoms with van der Waals surface area (Å²) in [6, 6.07) is 1.10. The largest absolute Gasteiger partial charge is 0.417 e. The molecule has 0 radical (unpaired) electrons. The second kappa shape index (κ2) is 4.49. The van der Waals surface area contributed by atoms with Crippen LogP contribution in [0.25, 0.3) is 0 Å². The van der Waals surface area contributed by atoms with Gasteiger partial charge in [-0.1, -0.05) is 6.07 Å². The zero-order valence-electron chi connectivity index (χ0n) is 7.95. The van der Waals surface area contributed by atoms with Crippen molar-refractivity contribution in [3.05, 3.63) is 33.3 Å². The van der Waals surface area contributed by atoms with Gasteiger partial charge in [-0.25, -0.2) is 0 Å². The van der Waals surface area contributed by atoms with E-state index in [1.54, 1.807) is 0 Å². The molecule has 0 amide bonds. The first kappa shape index (κ1) is 14.3. The molecule has 1 aromatic carbocycles. The predicted octanol–water partition coefficient (Wildman–Crippen LogP) is 3.98. The van der Waals surface area contributed by atoms with Gasteiger partial charge >= 0.3 is 12.4 Å². The number of halogens is 7. The molecule has 1 N–H and O–H groups in total. The lowest BCUT2D eigenvalue weighted by Crippen LogP contribution is -2.15. The normalized spacial score (nSPS) is 12.9. The van der Waals surface area contributed by atoms with E-state index in [-0.39, 0.29) is 0 Å². The Bertz CT molecular complexity index is 423. The van der Waals surface area contributed by atoms with Crippen molar-refractivity contribution in [2.45, 2.75) is 19.0 Å². The van der Waals surface area contributed by atoms with E-state index in [9.17, 15) is 26.3 Å². The molecular formula is C9H5BrF6O. The minimum absolute atomic E-state index is 0.491.